The molecule has 2 aromatic rings. The van der Waals surface area contributed by atoms with E-state index in [4.69, 9.17) is 4.74 Å². The third-order valence-electron chi connectivity index (χ3n) is 2.37. The van der Waals surface area contributed by atoms with Crippen LogP contribution in [-0.4, -0.2) is 35.2 Å². The zero-order valence-corrected chi connectivity index (χ0v) is 11.8. The van der Waals surface area contributed by atoms with E-state index in [9.17, 15) is 0 Å². The van der Waals surface area contributed by atoms with Gasteiger partial charge in [-0.25, -0.2) is 0 Å². The lowest BCUT2D eigenvalue weighted by molar-refractivity contribution is 0.379. The van der Waals surface area contributed by atoms with Gasteiger partial charge in [0.25, 0.3) is 0 Å². The molecule has 0 fully saturated rings. The van der Waals surface area contributed by atoms with E-state index in [-0.39, 0.29) is 0 Å². The van der Waals surface area contributed by atoms with E-state index in [0.29, 0.717) is 17.9 Å². The van der Waals surface area contributed by atoms with Crippen LogP contribution in [0.3, 0.4) is 0 Å². The van der Waals surface area contributed by atoms with Gasteiger partial charge in [0, 0.05) is 18.0 Å². The molecule has 2 aromatic heterocycles. The van der Waals surface area contributed by atoms with Gasteiger partial charge in [0.2, 0.25) is 11.9 Å². The number of aromatic nitrogens is 3. The number of anilines is 2. The minimum Gasteiger partial charge on any atom is -0.467 e. The molecule has 0 spiro atoms. The number of nitrogens with zero attached hydrogens (tertiary/aromatic N) is 3. The maximum absolute atomic E-state index is 5.05. The van der Waals surface area contributed by atoms with Gasteiger partial charge < -0.3 is 15.4 Å². The summed E-state index contributed by atoms with van der Waals surface area (Å²) in [4.78, 5) is 13.9. The average Bonchev–Trinajstić information content (AvgIpc) is 2.92. The van der Waals surface area contributed by atoms with Crippen LogP contribution in [0.5, 0.6) is 6.01 Å². The average molecular weight is 279 g/mol. The van der Waals surface area contributed by atoms with Crippen molar-refractivity contribution in [2.75, 3.05) is 30.8 Å². The van der Waals surface area contributed by atoms with E-state index < -0.39 is 0 Å². The van der Waals surface area contributed by atoms with Gasteiger partial charge in [0.1, 0.15) is 0 Å². The van der Waals surface area contributed by atoms with Crippen LogP contribution in [0.4, 0.5) is 11.9 Å². The van der Waals surface area contributed by atoms with Crippen molar-refractivity contribution in [1.29, 1.82) is 0 Å². The Morgan fingerprint density at radius 1 is 1.21 bits per heavy atom. The van der Waals surface area contributed by atoms with Gasteiger partial charge in [0.05, 0.1) is 7.11 Å². The Labute approximate surface area is 116 Å². The predicted molar refractivity (Wildman–Crippen MR) is 77.1 cm³/mol. The Kier molecular flexibility index (Phi) is 4.91. The van der Waals surface area contributed by atoms with Crippen molar-refractivity contribution >= 4 is 23.2 Å². The Morgan fingerprint density at radius 2 is 2.00 bits per heavy atom. The van der Waals surface area contributed by atoms with Gasteiger partial charge in [-0.3, -0.25) is 0 Å². The molecule has 2 heterocycles. The Morgan fingerprint density at radius 3 is 2.63 bits per heavy atom. The molecule has 0 saturated heterocycles. The van der Waals surface area contributed by atoms with Crippen LogP contribution in [0, 0.1) is 0 Å². The zero-order chi connectivity index (χ0) is 13.5. The molecule has 0 radical (unpaired) electrons. The quantitative estimate of drug-likeness (QED) is 0.808. The third kappa shape index (κ3) is 4.06. The topological polar surface area (TPSA) is 72.0 Å². The first-order valence-corrected chi connectivity index (χ1v) is 7.00. The van der Waals surface area contributed by atoms with E-state index >= 15 is 0 Å². The summed E-state index contributed by atoms with van der Waals surface area (Å²) < 4.78 is 5.05. The number of rotatable bonds is 7. The lowest BCUT2D eigenvalue weighted by Crippen LogP contribution is -2.11. The highest BCUT2D eigenvalue weighted by molar-refractivity contribution is 7.09. The number of ether oxygens (including phenoxy) is 1. The normalized spacial score (nSPS) is 10.2. The maximum atomic E-state index is 5.05. The van der Waals surface area contributed by atoms with E-state index in [0.717, 1.165) is 19.5 Å². The first kappa shape index (κ1) is 13.5. The van der Waals surface area contributed by atoms with Crippen molar-refractivity contribution in [3.63, 3.8) is 0 Å². The van der Waals surface area contributed by atoms with E-state index in [1.54, 1.807) is 18.4 Å². The summed E-state index contributed by atoms with van der Waals surface area (Å²) in [7, 11) is 1.54. The second kappa shape index (κ2) is 6.89. The predicted octanol–water partition coefficient (Wildman–Crippen LogP) is 2.03. The molecule has 0 saturated carbocycles. The minimum absolute atomic E-state index is 0.310. The maximum Gasteiger partial charge on any atom is 0.322 e. The van der Waals surface area contributed by atoms with Crippen molar-refractivity contribution in [3.8, 4) is 6.01 Å². The molecule has 2 N–H and O–H groups in total. The summed E-state index contributed by atoms with van der Waals surface area (Å²) in [6.45, 7) is 3.52. The summed E-state index contributed by atoms with van der Waals surface area (Å²) >= 11 is 1.75. The van der Waals surface area contributed by atoms with Crippen LogP contribution in [-0.2, 0) is 6.42 Å². The van der Waals surface area contributed by atoms with Crippen LogP contribution in [0.1, 0.15) is 11.8 Å². The molecule has 0 atom stereocenters. The molecule has 0 aliphatic heterocycles. The molecular weight excluding hydrogens is 262 g/mol. The molecule has 0 aliphatic carbocycles. The van der Waals surface area contributed by atoms with Crippen LogP contribution < -0.4 is 15.4 Å². The Hall–Kier alpha value is -1.89. The highest BCUT2D eigenvalue weighted by Crippen LogP contribution is 2.12. The van der Waals surface area contributed by atoms with E-state index in [1.165, 1.54) is 4.88 Å². The van der Waals surface area contributed by atoms with Gasteiger partial charge >= 0.3 is 6.01 Å². The second-order valence-corrected chi connectivity index (χ2v) is 4.79. The van der Waals surface area contributed by atoms with Crippen LogP contribution in [0.25, 0.3) is 0 Å². The fourth-order valence-electron chi connectivity index (χ4n) is 1.52. The fraction of sp³-hybridized carbons (Fsp3) is 0.417. The van der Waals surface area contributed by atoms with Crippen molar-refractivity contribution in [2.45, 2.75) is 13.3 Å². The smallest absolute Gasteiger partial charge is 0.322 e. The zero-order valence-electron chi connectivity index (χ0n) is 11.0. The standard InChI is InChI=1S/C12H17N5OS/c1-3-13-10-15-11(17-12(16-10)18-2)14-7-6-9-5-4-8-19-9/h4-5,8H,3,6-7H2,1-2H3,(H2,13,14,15,16,17). The third-order valence-corrected chi connectivity index (χ3v) is 3.30. The number of thiophene rings is 1. The molecule has 7 heteroatoms. The van der Waals surface area contributed by atoms with Crippen LogP contribution in [0.2, 0.25) is 0 Å². The van der Waals surface area contributed by atoms with Crippen molar-refractivity contribution in [1.82, 2.24) is 15.0 Å². The molecule has 2 rings (SSSR count). The van der Waals surface area contributed by atoms with Gasteiger partial charge in [-0.2, -0.15) is 15.0 Å². The largest absolute Gasteiger partial charge is 0.467 e. The first-order valence-electron chi connectivity index (χ1n) is 6.12. The molecule has 0 aromatic carbocycles. The van der Waals surface area contributed by atoms with E-state index in [1.807, 2.05) is 6.92 Å². The summed E-state index contributed by atoms with van der Waals surface area (Å²) in [5.41, 5.74) is 0. The molecule has 6 nitrogen and oxygen atoms in total. The lowest BCUT2D eigenvalue weighted by atomic mass is 10.3. The number of nitrogens with one attached hydrogen (secondary N) is 2. The molecule has 0 aliphatic rings. The van der Waals surface area contributed by atoms with Crippen molar-refractivity contribution in [3.05, 3.63) is 22.4 Å². The molecule has 19 heavy (non-hydrogen) atoms. The minimum atomic E-state index is 0.310. The van der Waals surface area contributed by atoms with E-state index in [2.05, 4.69) is 43.1 Å². The molecule has 102 valence electrons. The SMILES string of the molecule is CCNc1nc(NCCc2cccs2)nc(OC)n1. The van der Waals surface area contributed by atoms with Crippen molar-refractivity contribution < 1.29 is 4.74 Å². The number of hydrogen-bond acceptors (Lipinski definition) is 7. The fourth-order valence-corrected chi connectivity index (χ4v) is 2.23. The van der Waals surface area contributed by atoms with Crippen molar-refractivity contribution in [2.24, 2.45) is 0 Å². The monoisotopic (exact) mass is 279 g/mol. The highest BCUT2D eigenvalue weighted by atomic mass is 32.1. The first-order chi connectivity index (χ1) is 9.31. The highest BCUT2D eigenvalue weighted by Gasteiger charge is 2.05. The lowest BCUT2D eigenvalue weighted by Gasteiger charge is -2.08. The Bertz CT molecular complexity index is 503. The van der Waals surface area contributed by atoms with Crippen LogP contribution in [0.15, 0.2) is 17.5 Å². The van der Waals surface area contributed by atoms with Gasteiger partial charge in [0.15, 0.2) is 0 Å². The molecule has 0 amide bonds. The summed E-state index contributed by atoms with van der Waals surface area (Å²) in [5.74, 6) is 1.05. The van der Waals surface area contributed by atoms with Crippen LogP contribution >= 0.6 is 11.3 Å². The summed E-state index contributed by atoms with van der Waals surface area (Å²) in [6, 6.07) is 4.48. The van der Waals surface area contributed by atoms with Gasteiger partial charge in [-0.15, -0.1) is 11.3 Å². The molecule has 0 unspecified atom stereocenters. The van der Waals surface area contributed by atoms with Gasteiger partial charge in [-0.05, 0) is 24.8 Å². The number of hydrogen-bond donors (Lipinski definition) is 2. The second-order valence-electron chi connectivity index (χ2n) is 3.76. The summed E-state index contributed by atoms with van der Waals surface area (Å²) in [6.07, 6.45) is 0.947. The van der Waals surface area contributed by atoms with Gasteiger partial charge in [-0.1, -0.05) is 6.07 Å². The molecule has 0 bridgehead atoms. The number of methoxy groups -OCH3 is 1. The Balaban J connectivity index is 1.96. The molecular formula is C12H17N5OS. The summed E-state index contributed by atoms with van der Waals surface area (Å²) in [5, 5.41) is 8.30.